The van der Waals surface area contributed by atoms with Crippen molar-refractivity contribution in [1.29, 1.82) is 0 Å². The minimum Gasteiger partial charge on any atom is -0.466 e. The second kappa shape index (κ2) is 6.79. The van der Waals surface area contributed by atoms with Crippen molar-refractivity contribution >= 4 is 33.4 Å². The summed E-state index contributed by atoms with van der Waals surface area (Å²) < 4.78 is 6.20. The van der Waals surface area contributed by atoms with E-state index in [-0.39, 0.29) is 18.4 Å². The minimum absolute atomic E-state index is 0.108. The lowest BCUT2D eigenvalue weighted by atomic mass is 10.1. The Hall–Kier alpha value is -2.08. The Bertz CT molecular complexity index is 722. The van der Waals surface area contributed by atoms with Gasteiger partial charge in [-0.15, -0.1) is 0 Å². The number of furan rings is 1. The molecule has 2 aromatic rings. The van der Waals surface area contributed by atoms with E-state index in [1.54, 1.807) is 19.9 Å². The lowest BCUT2D eigenvalue weighted by Gasteiger charge is -2.08. The first-order valence-electron chi connectivity index (χ1n) is 6.79. The van der Waals surface area contributed by atoms with Gasteiger partial charge in [0.1, 0.15) is 11.5 Å². The van der Waals surface area contributed by atoms with Crippen LogP contribution in [0.1, 0.15) is 27.4 Å². The van der Waals surface area contributed by atoms with Crippen molar-refractivity contribution in [3.05, 3.63) is 51.4 Å². The van der Waals surface area contributed by atoms with E-state index in [2.05, 4.69) is 26.6 Å². The molecule has 0 fully saturated rings. The molecule has 0 saturated heterocycles. The van der Waals surface area contributed by atoms with Crippen molar-refractivity contribution in [2.45, 2.75) is 20.8 Å². The maximum atomic E-state index is 12.2. The quantitative estimate of drug-likeness (QED) is 0.873. The number of amides is 2. The molecule has 0 radical (unpaired) electrons. The van der Waals surface area contributed by atoms with Gasteiger partial charge >= 0.3 is 0 Å². The largest absolute Gasteiger partial charge is 0.466 e. The summed E-state index contributed by atoms with van der Waals surface area (Å²) in [5.74, 6) is 0.656. The Morgan fingerprint density at radius 2 is 1.82 bits per heavy atom. The predicted octanol–water partition coefficient (Wildman–Crippen LogP) is 3.34. The van der Waals surface area contributed by atoms with Gasteiger partial charge in [-0.05, 0) is 48.8 Å². The predicted molar refractivity (Wildman–Crippen MR) is 88.0 cm³/mol. The molecule has 1 aromatic heterocycles. The number of rotatable bonds is 4. The van der Waals surface area contributed by atoms with Crippen molar-refractivity contribution in [3.63, 3.8) is 0 Å². The van der Waals surface area contributed by atoms with Gasteiger partial charge < -0.3 is 15.1 Å². The highest BCUT2D eigenvalue weighted by molar-refractivity contribution is 9.10. The summed E-state index contributed by atoms with van der Waals surface area (Å²) in [6.45, 7) is 5.25. The van der Waals surface area contributed by atoms with Crippen LogP contribution in [-0.2, 0) is 4.79 Å². The number of hydrogen-bond acceptors (Lipinski definition) is 3. The minimum atomic E-state index is -0.311. The molecule has 1 heterocycles. The molecule has 5 nitrogen and oxygen atoms in total. The van der Waals surface area contributed by atoms with Gasteiger partial charge in [-0.1, -0.05) is 12.1 Å². The average Bonchev–Trinajstić information content (AvgIpc) is 2.72. The summed E-state index contributed by atoms with van der Waals surface area (Å²) in [5, 5.41) is 5.33. The molecule has 2 N–H and O–H groups in total. The molecule has 0 atom stereocenters. The van der Waals surface area contributed by atoms with E-state index in [1.165, 1.54) is 0 Å². The molecule has 6 heteroatoms. The SMILES string of the molecule is Cc1oc(C)c(C(=O)NCC(=O)Nc2ccccc2Br)c1C. The zero-order chi connectivity index (χ0) is 16.3. The Kier molecular flexibility index (Phi) is 5.03. The molecule has 0 aliphatic carbocycles. The lowest BCUT2D eigenvalue weighted by molar-refractivity contribution is -0.115. The fourth-order valence-electron chi connectivity index (χ4n) is 2.13. The zero-order valence-corrected chi connectivity index (χ0v) is 14.2. The fourth-order valence-corrected chi connectivity index (χ4v) is 2.52. The van der Waals surface area contributed by atoms with Crippen molar-refractivity contribution in [2.75, 3.05) is 11.9 Å². The fraction of sp³-hybridized carbons (Fsp3) is 0.250. The Balaban J connectivity index is 1.97. The number of benzene rings is 1. The maximum Gasteiger partial charge on any atom is 0.255 e. The highest BCUT2D eigenvalue weighted by Gasteiger charge is 2.19. The molecule has 116 valence electrons. The smallest absolute Gasteiger partial charge is 0.255 e. The summed E-state index contributed by atoms with van der Waals surface area (Å²) in [6.07, 6.45) is 0. The molecule has 1 aromatic carbocycles. The lowest BCUT2D eigenvalue weighted by Crippen LogP contribution is -2.33. The molecular weight excluding hydrogens is 348 g/mol. The molecule has 2 amide bonds. The number of hydrogen-bond donors (Lipinski definition) is 2. The van der Waals surface area contributed by atoms with Crippen LogP contribution in [0.15, 0.2) is 33.2 Å². The number of carbonyl (C=O) groups excluding carboxylic acids is 2. The molecule has 0 aliphatic heterocycles. The molecule has 0 bridgehead atoms. The van der Waals surface area contributed by atoms with Gasteiger partial charge in [0.2, 0.25) is 5.91 Å². The molecule has 2 rings (SSSR count). The van der Waals surface area contributed by atoms with E-state index in [0.29, 0.717) is 22.8 Å². The number of anilines is 1. The van der Waals surface area contributed by atoms with Crippen LogP contribution in [-0.4, -0.2) is 18.4 Å². The van der Waals surface area contributed by atoms with Crippen LogP contribution in [0.4, 0.5) is 5.69 Å². The third kappa shape index (κ3) is 3.57. The van der Waals surface area contributed by atoms with E-state index in [1.807, 2.05) is 25.1 Å². The molecule has 0 unspecified atom stereocenters. The third-order valence-corrected chi connectivity index (χ3v) is 4.04. The van der Waals surface area contributed by atoms with E-state index in [9.17, 15) is 9.59 Å². The van der Waals surface area contributed by atoms with E-state index in [0.717, 1.165) is 10.0 Å². The Labute approximate surface area is 137 Å². The number of carbonyl (C=O) groups is 2. The monoisotopic (exact) mass is 364 g/mol. The van der Waals surface area contributed by atoms with Gasteiger partial charge in [0.05, 0.1) is 17.8 Å². The van der Waals surface area contributed by atoms with Crippen molar-refractivity contribution in [1.82, 2.24) is 5.32 Å². The number of halogens is 1. The highest BCUT2D eigenvalue weighted by atomic mass is 79.9. The van der Waals surface area contributed by atoms with Gasteiger partial charge in [-0.25, -0.2) is 0 Å². The molecule has 0 saturated carbocycles. The molecular formula is C16H17BrN2O3. The van der Waals surface area contributed by atoms with E-state index in [4.69, 9.17) is 4.42 Å². The van der Waals surface area contributed by atoms with Gasteiger partial charge in [0.25, 0.3) is 5.91 Å². The first-order valence-corrected chi connectivity index (χ1v) is 7.58. The van der Waals surface area contributed by atoms with Crippen LogP contribution < -0.4 is 10.6 Å². The molecule has 0 spiro atoms. The summed E-state index contributed by atoms with van der Waals surface area (Å²) in [7, 11) is 0. The summed E-state index contributed by atoms with van der Waals surface area (Å²) >= 11 is 3.35. The topological polar surface area (TPSA) is 71.3 Å². The first-order chi connectivity index (χ1) is 10.4. The average molecular weight is 365 g/mol. The Morgan fingerprint density at radius 1 is 1.14 bits per heavy atom. The van der Waals surface area contributed by atoms with Gasteiger partial charge in [-0.3, -0.25) is 9.59 Å². The first kappa shape index (κ1) is 16.3. The number of aryl methyl sites for hydroxylation is 2. The third-order valence-electron chi connectivity index (χ3n) is 3.35. The van der Waals surface area contributed by atoms with Crippen molar-refractivity contribution < 1.29 is 14.0 Å². The normalized spacial score (nSPS) is 10.4. The van der Waals surface area contributed by atoms with Gasteiger partial charge in [-0.2, -0.15) is 0 Å². The van der Waals surface area contributed by atoms with Crippen molar-refractivity contribution in [2.24, 2.45) is 0 Å². The van der Waals surface area contributed by atoms with Crippen LogP contribution in [0.3, 0.4) is 0 Å². The second-order valence-corrected chi connectivity index (χ2v) is 5.78. The van der Waals surface area contributed by atoms with Crippen LogP contribution in [0, 0.1) is 20.8 Å². The number of nitrogens with one attached hydrogen (secondary N) is 2. The van der Waals surface area contributed by atoms with E-state index >= 15 is 0 Å². The second-order valence-electron chi connectivity index (χ2n) is 4.93. The highest BCUT2D eigenvalue weighted by Crippen LogP contribution is 2.21. The van der Waals surface area contributed by atoms with Crippen molar-refractivity contribution in [3.8, 4) is 0 Å². The van der Waals surface area contributed by atoms with Crippen LogP contribution in [0.5, 0.6) is 0 Å². The van der Waals surface area contributed by atoms with Gasteiger partial charge in [0.15, 0.2) is 0 Å². The maximum absolute atomic E-state index is 12.2. The van der Waals surface area contributed by atoms with Crippen LogP contribution in [0.2, 0.25) is 0 Å². The van der Waals surface area contributed by atoms with E-state index < -0.39 is 0 Å². The van der Waals surface area contributed by atoms with Crippen LogP contribution >= 0.6 is 15.9 Å². The number of para-hydroxylation sites is 1. The zero-order valence-electron chi connectivity index (χ0n) is 12.6. The Morgan fingerprint density at radius 3 is 2.41 bits per heavy atom. The molecule has 22 heavy (non-hydrogen) atoms. The summed E-state index contributed by atoms with van der Waals surface area (Å²) in [6, 6.07) is 7.28. The standard InChI is InChI=1S/C16H17BrN2O3/c1-9-10(2)22-11(3)15(9)16(21)18-8-14(20)19-13-7-5-4-6-12(13)17/h4-7H,8H2,1-3H3,(H,18,21)(H,19,20). The van der Waals surface area contributed by atoms with Gasteiger partial charge in [0, 0.05) is 10.0 Å². The van der Waals surface area contributed by atoms with Crippen LogP contribution in [0.25, 0.3) is 0 Å². The summed E-state index contributed by atoms with van der Waals surface area (Å²) in [5.41, 5.74) is 1.95. The molecule has 0 aliphatic rings. The summed E-state index contributed by atoms with van der Waals surface area (Å²) in [4.78, 5) is 24.1.